The van der Waals surface area contributed by atoms with Gasteiger partial charge in [-0.15, -0.1) is 10.2 Å². The van der Waals surface area contributed by atoms with Gasteiger partial charge < -0.3 is 15.6 Å². The number of fused-ring (bicyclic) bond motifs is 1. The number of nitrogens with zero attached hydrogens (tertiary/aromatic N) is 7. The van der Waals surface area contributed by atoms with Gasteiger partial charge >= 0.3 is 0 Å². The van der Waals surface area contributed by atoms with Crippen molar-refractivity contribution >= 4 is 93.1 Å². The highest BCUT2D eigenvalue weighted by Crippen LogP contribution is 2.49. The van der Waals surface area contributed by atoms with Crippen LogP contribution in [0.5, 0.6) is 11.5 Å². The van der Waals surface area contributed by atoms with Gasteiger partial charge in [-0.2, -0.15) is 45.7 Å². The fourth-order valence-corrected chi connectivity index (χ4v) is 7.45. The minimum absolute atomic E-state index is 0.228. The second-order valence-corrected chi connectivity index (χ2v) is 16.4. The van der Waals surface area contributed by atoms with Crippen LogP contribution in [0.3, 0.4) is 0 Å². The van der Waals surface area contributed by atoms with Crippen molar-refractivity contribution in [2.24, 2.45) is 30.7 Å². The number of anilines is 1. The first kappa shape index (κ1) is 42.5. The number of azo groups is 3. The maximum absolute atomic E-state index is 13.2. The second kappa shape index (κ2) is 16.8. The molecule has 58 heavy (non-hydrogen) atoms. The van der Waals surface area contributed by atoms with E-state index in [4.69, 9.17) is 14.7 Å². The molecule has 302 valence electrons. The highest BCUT2D eigenvalue weighted by molar-refractivity contribution is 7.87. The van der Waals surface area contributed by atoms with Gasteiger partial charge in [-0.25, -0.2) is 0 Å². The Kier molecular flexibility index (Phi) is 12.3. The van der Waals surface area contributed by atoms with Gasteiger partial charge in [0, 0.05) is 23.1 Å². The molecule has 4 N–H and O–H groups in total. The molecule has 5 rings (SSSR count). The molecule has 0 unspecified atom stereocenters. The summed E-state index contributed by atoms with van der Waals surface area (Å²) in [6, 6.07) is 15.2. The molecule has 0 radical (unpaired) electrons. The molecule has 0 bridgehead atoms. The number of hydrogen-bond donors (Lipinski definition) is 3. The number of nitro groups is 1. The summed E-state index contributed by atoms with van der Waals surface area (Å²) in [7, 11) is -12.8. The van der Waals surface area contributed by atoms with Crippen LogP contribution in [0.1, 0.15) is 11.1 Å². The van der Waals surface area contributed by atoms with E-state index >= 15 is 0 Å². The monoisotopic (exact) mass is 856 g/mol. The fraction of sp³-hybridized carbons (Fsp3) is 0.121. The summed E-state index contributed by atoms with van der Waals surface area (Å²) >= 11 is 0. The number of nitrogen functional groups attached to an aromatic ring is 1. The Balaban J connectivity index is 1.65. The van der Waals surface area contributed by atoms with Crippen molar-refractivity contribution in [3.05, 3.63) is 94.0 Å². The Morgan fingerprint density at radius 3 is 1.95 bits per heavy atom. The molecule has 5 aromatic carbocycles. The quantitative estimate of drug-likeness (QED) is 0.0178. The van der Waals surface area contributed by atoms with Gasteiger partial charge in [-0.1, -0.05) is 0 Å². The van der Waals surface area contributed by atoms with E-state index in [9.17, 15) is 49.8 Å². The molecule has 0 aliphatic heterocycles. The summed E-state index contributed by atoms with van der Waals surface area (Å²) in [5.74, 6) is -1.93. The number of aromatic hydroxyl groups is 1. The van der Waals surface area contributed by atoms with Crippen molar-refractivity contribution in [3.8, 4) is 11.5 Å². The second-order valence-electron chi connectivity index (χ2n) is 11.6. The molecule has 25 heteroatoms. The highest BCUT2D eigenvalue weighted by atomic mass is 32.2. The van der Waals surface area contributed by atoms with Gasteiger partial charge in [0.1, 0.15) is 32.7 Å². The molecule has 0 spiro atoms. The van der Waals surface area contributed by atoms with Crippen LogP contribution in [0.15, 0.2) is 113 Å². The van der Waals surface area contributed by atoms with Crippen molar-refractivity contribution in [3.63, 3.8) is 0 Å². The largest absolute Gasteiger partial charge is 0.505 e. The number of carbonyl (C=O) groups is 1. The van der Waals surface area contributed by atoms with Crippen molar-refractivity contribution in [1.29, 1.82) is 0 Å². The molecule has 0 saturated carbocycles. The topological polar surface area (TPSA) is 331 Å². The van der Waals surface area contributed by atoms with E-state index in [0.717, 1.165) is 44.6 Å². The third kappa shape index (κ3) is 9.48. The lowest BCUT2D eigenvalue weighted by Crippen LogP contribution is -2.07. The van der Waals surface area contributed by atoms with Crippen molar-refractivity contribution in [2.75, 3.05) is 20.0 Å². The normalized spacial score (nSPS) is 12.6. The molecule has 0 amide bonds. The first-order chi connectivity index (χ1) is 27.3. The number of non-ortho nitro benzene ring substituents is 1. The summed E-state index contributed by atoms with van der Waals surface area (Å²) in [4.78, 5) is 19.3. The Hall–Kier alpha value is -6.64. The number of aryl methyl sites for hydroxylation is 1. The average Bonchev–Trinajstić information content (AvgIpc) is 3.16. The molecule has 5 aromatic rings. The molecule has 0 heterocycles. The van der Waals surface area contributed by atoms with Crippen LogP contribution >= 0.6 is 0 Å². The summed E-state index contributed by atoms with van der Waals surface area (Å²) in [6.07, 6.45) is 0. The zero-order valence-corrected chi connectivity index (χ0v) is 32.4. The molecule has 0 fully saturated rings. The number of ether oxygens (including phenoxy) is 1. The summed E-state index contributed by atoms with van der Waals surface area (Å²) in [5.41, 5.74) is 5.02. The van der Waals surface area contributed by atoms with Crippen molar-refractivity contribution in [1.82, 2.24) is 0 Å². The SMILES string of the molecule is COS(=O)(=O)c1cc2c(S(=O)(=O)OC)cc(N=Nc3ccc(N=Nc4ccc(OC=O)cc4)c(C)c3)c(N)c2c(O)c1N=Nc1ccc([N+](=O)[O-])cc1CS(=O)(=O)O. The van der Waals surface area contributed by atoms with Crippen molar-refractivity contribution in [2.45, 2.75) is 22.5 Å². The number of nitro benzene ring substituents is 1. The first-order valence-corrected chi connectivity index (χ1v) is 20.2. The molecular weight excluding hydrogens is 829 g/mol. The number of nitrogens with two attached hydrogens (primary N) is 1. The van der Waals surface area contributed by atoms with E-state index in [1.807, 2.05) is 0 Å². The molecule has 0 aliphatic rings. The molecule has 0 atom stereocenters. The smallest absolute Gasteiger partial charge is 0.299 e. The number of phenolic OH excluding ortho intramolecular Hbond substituents is 1. The number of phenols is 1. The van der Waals surface area contributed by atoms with Crippen LogP contribution in [0.2, 0.25) is 0 Å². The predicted octanol–water partition coefficient (Wildman–Crippen LogP) is 7.18. The molecule has 0 saturated heterocycles. The minimum Gasteiger partial charge on any atom is -0.505 e. The maximum Gasteiger partial charge on any atom is 0.299 e. The van der Waals surface area contributed by atoms with E-state index in [0.29, 0.717) is 29.2 Å². The number of rotatable bonds is 15. The summed E-state index contributed by atoms with van der Waals surface area (Å²) in [5, 5.41) is 46.1. The lowest BCUT2D eigenvalue weighted by Gasteiger charge is -2.16. The van der Waals surface area contributed by atoms with E-state index in [-0.39, 0.29) is 11.4 Å². The Labute approximate surface area is 328 Å². The van der Waals surface area contributed by atoms with Gasteiger partial charge in [-0.3, -0.25) is 27.8 Å². The van der Waals surface area contributed by atoms with Gasteiger partial charge in [0.15, 0.2) is 5.75 Å². The molecule has 0 aliphatic carbocycles. The molecule has 0 aromatic heterocycles. The minimum atomic E-state index is -4.86. The predicted molar refractivity (Wildman–Crippen MR) is 204 cm³/mol. The summed E-state index contributed by atoms with van der Waals surface area (Å²) < 4.78 is 99.6. The Bertz CT molecular complexity index is 2900. The van der Waals surface area contributed by atoms with Crippen LogP contribution in [0, 0.1) is 17.0 Å². The number of hydrogen-bond acceptors (Lipinski definition) is 20. The fourth-order valence-electron chi connectivity index (χ4n) is 5.15. The first-order valence-electron chi connectivity index (χ1n) is 15.8. The highest BCUT2D eigenvalue weighted by Gasteiger charge is 2.30. The van der Waals surface area contributed by atoms with E-state index < -0.39 is 95.7 Å². The zero-order chi connectivity index (χ0) is 42.6. The number of benzene rings is 5. The van der Waals surface area contributed by atoms with E-state index in [1.165, 1.54) is 18.2 Å². The van der Waals surface area contributed by atoms with Crippen LogP contribution in [0.25, 0.3) is 10.8 Å². The van der Waals surface area contributed by atoms with Crippen LogP contribution < -0.4 is 10.5 Å². The number of carbonyl (C=O) groups excluding carboxylic acids is 1. The zero-order valence-electron chi connectivity index (χ0n) is 29.9. The van der Waals surface area contributed by atoms with Gasteiger partial charge in [-0.05, 0) is 73.2 Å². The van der Waals surface area contributed by atoms with Crippen molar-refractivity contribution < 1.29 is 57.7 Å². The molecule has 22 nitrogen and oxygen atoms in total. The standard InChI is InChI=1S/C33H28N8O14S3/c1-18-12-21(6-10-25(18)37-35-20-4-8-23(9-5-20)55-17-42)36-39-27-15-28(57(49,50)53-2)24-14-29(58(51,52)54-3)32(33(43)30(24)31(27)34)40-38-26-11-7-22(41(44)45)13-19(26)16-56(46,47)48/h4-15,17,43H,16,34H2,1-3H3,(H,46,47,48). The van der Waals surface area contributed by atoms with Crippen LogP contribution in [-0.2, 0) is 49.3 Å². The van der Waals surface area contributed by atoms with Gasteiger partial charge in [0.2, 0.25) is 0 Å². The van der Waals surface area contributed by atoms with Crippen LogP contribution in [-0.4, -0.2) is 60.5 Å². The lowest BCUT2D eigenvalue weighted by molar-refractivity contribution is -0.384. The Morgan fingerprint density at radius 2 is 1.34 bits per heavy atom. The summed E-state index contributed by atoms with van der Waals surface area (Å²) in [6.45, 7) is 1.99. The third-order valence-corrected chi connectivity index (χ3v) is 11.2. The molecular formula is C33H28N8O14S3. The lowest BCUT2D eigenvalue weighted by atomic mass is 10.0. The average molecular weight is 857 g/mol. The third-order valence-electron chi connectivity index (χ3n) is 7.91. The van der Waals surface area contributed by atoms with Gasteiger partial charge in [0.25, 0.3) is 42.5 Å². The van der Waals surface area contributed by atoms with Crippen LogP contribution in [0.4, 0.5) is 45.5 Å². The Morgan fingerprint density at radius 1 is 0.759 bits per heavy atom. The van der Waals surface area contributed by atoms with E-state index in [2.05, 4.69) is 34.9 Å². The van der Waals surface area contributed by atoms with Gasteiger partial charge in [0.05, 0.1) is 53.0 Å². The maximum atomic E-state index is 13.2. The van der Waals surface area contributed by atoms with E-state index in [1.54, 1.807) is 31.2 Å².